The average molecular weight is 245 g/mol. The number of aryl methyl sites for hydroxylation is 2. The van der Waals surface area contributed by atoms with E-state index in [1.165, 1.54) is 11.3 Å². The SMILES string of the molecule is Cc1ccc2oc(-c3sc(N)cc3C)nc2n1. The predicted molar refractivity (Wildman–Crippen MR) is 69.0 cm³/mol. The van der Waals surface area contributed by atoms with Gasteiger partial charge in [-0.25, -0.2) is 4.98 Å². The van der Waals surface area contributed by atoms with Crippen LogP contribution in [0.5, 0.6) is 0 Å². The number of nitrogens with zero attached hydrogens (tertiary/aromatic N) is 2. The molecule has 0 spiro atoms. The molecule has 0 fully saturated rings. The molecule has 0 bridgehead atoms. The number of aromatic nitrogens is 2. The van der Waals surface area contributed by atoms with E-state index in [0.717, 1.165) is 21.1 Å². The number of rotatable bonds is 1. The molecule has 17 heavy (non-hydrogen) atoms. The molecule has 3 aromatic rings. The normalized spacial score (nSPS) is 11.2. The van der Waals surface area contributed by atoms with E-state index in [1.54, 1.807) is 0 Å². The Balaban J connectivity index is 2.21. The van der Waals surface area contributed by atoms with Crippen LogP contribution in [-0.2, 0) is 0 Å². The topological polar surface area (TPSA) is 64.9 Å². The zero-order valence-electron chi connectivity index (χ0n) is 9.52. The molecule has 3 rings (SSSR count). The molecule has 0 saturated carbocycles. The van der Waals surface area contributed by atoms with Crippen molar-refractivity contribution in [3.05, 3.63) is 29.5 Å². The lowest BCUT2D eigenvalue weighted by atomic mass is 10.3. The fraction of sp³-hybridized carbons (Fsp3) is 0.167. The van der Waals surface area contributed by atoms with Crippen LogP contribution < -0.4 is 5.73 Å². The second kappa shape index (κ2) is 3.56. The lowest BCUT2D eigenvalue weighted by Gasteiger charge is -1.89. The summed E-state index contributed by atoms with van der Waals surface area (Å²) in [5, 5.41) is 0.767. The van der Waals surface area contributed by atoms with E-state index in [2.05, 4.69) is 9.97 Å². The smallest absolute Gasteiger partial charge is 0.239 e. The van der Waals surface area contributed by atoms with Crippen molar-refractivity contribution >= 4 is 27.6 Å². The van der Waals surface area contributed by atoms with Gasteiger partial charge in [0, 0.05) is 5.69 Å². The highest BCUT2D eigenvalue weighted by molar-refractivity contribution is 7.19. The van der Waals surface area contributed by atoms with Crippen LogP contribution in [0.15, 0.2) is 22.6 Å². The quantitative estimate of drug-likeness (QED) is 0.715. The van der Waals surface area contributed by atoms with Gasteiger partial charge < -0.3 is 10.2 Å². The Kier molecular flexibility index (Phi) is 2.16. The number of thiophene rings is 1. The summed E-state index contributed by atoms with van der Waals surface area (Å²) in [7, 11) is 0. The van der Waals surface area contributed by atoms with Gasteiger partial charge in [-0.15, -0.1) is 11.3 Å². The Hall–Kier alpha value is -1.88. The molecule has 0 atom stereocenters. The highest BCUT2D eigenvalue weighted by atomic mass is 32.1. The Morgan fingerprint density at radius 2 is 2.06 bits per heavy atom. The lowest BCUT2D eigenvalue weighted by molar-refractivity contribution is 0.621. The Labute approximate surface area is 102 Å². The minimum atomic E-state index is 0.595. The van der Waals surface area contributed by atoms with E-state index < -0.39 is 0 Å². The number of anilines is 1. The van der Waals surface area contributed by atoms with Crippen LogP contribution in [0.1, 0.15) is 11.3 Å². The monoisotopic (exact) mass is 245 g/mol. The minimum absolute atomic E-state index is 0.595. The summed E-state index contributed by atoms with van der Waals surface area (Å²) in [6.07, 6.45) is 0. The predicted octanol–water partition coefficient (Wildman–Crippen LogP) is 3.15. The Morgan fingerprint density at radius 1 is 1.24 bits per heavy atom. The molecule has 3 aromatic heterocycles. The first-order valence-electron chi connectivity index (χ1n) is 5.24. The van der Waals surface area contributed by atoms with Crippen molar-refractivity contribution in [3.8, 4) is 10.8 Å². The summed E-state index contributed by atoms with van der Waals surface area (Å²) in [4.78, 5) is 9.69. The highest BCUT2D eigenvalue weighted by Crippen LogP contribution is 2.34. The highest BCUT2D eigenvalue weighted by Gasteiger charge is 2.14. The van der Waals surface area contributed by atoms with Crippen LogP contribution in [0.4, 0.5) is 5.00 Å². The van der Waals surface area contributed by atoms with Gasteiger partial charge >= 0.3 is 0 Å². The van der Waals surface area contributed by atoms with Crippen molar-refractivity contribution < 1.29 is 4.42 Å². The van der Waals surface area contributed by atoms with E-state index >= 15 is 0 Å². The molecule has 0 unspecified atom stereocenters. The van der Waals surface area contributed by atoms with E-state index in [-0.39, 0.29) is 0 Å². The first-order valence-corrected chi connectivity index (χ1v) is 6.05. The molecule has 0 radical (unpaired) electrons. The maximum absolute atomic E-state index is 5.77. The minimum Gasteiger partial charge on any atom is -0.434 e. The van der Waals surface area contributed by atoms with Gasteiger partial charge in [0.05, 0.1) is 9.88 Å². The molecule has 5 heteroatoms. The van der Waals surface area contributed by atoms with Crippen LogP contribution in [0.25, 0.3) is 22.0 Å². The molecule has 2 N–H and O–H groups in total. The van der Waals surface area contributed by atoms with Gasteiger partial charge in [-0.05, 0) is 37.6 Å². The van der Waals surface area contributed by atoms with Crippen molar-refractivity contribution in [1.82, 2.24) is 9.97 Å². The van der Waals surface area contributed by atoms with Gasteiger partial charge in [-0.2, -0.15) is 4.98 Å². The maximum Gasteiger partial charge on any atom is 0.239 e. The standard InChI is InChI=1S/C12H11N3OS/c1-6-5-9(13)17-10(6)12-15-11-8(16-12)4-3-7(2)14-11/h3-5H,13H2,1-2H3. The number of hydrogen-bond donors (Lipinski definition) is 1. The number of fused-ring (bicyclic) bond motifs is 1. The van der Waals surface area contributed by atoms with Crippen molar-refractivity contribution in [3.63, 3.8) is 0 Å². The van der Waals surface area contributed by atoms with Gasteiger partial charge in [0.15, 0.2) is 11.2 Å². The number of pyridine rings is 1. The summed E-state index contributed by atoms with van der Waals surface area (Å²) < 4.78 is 5.68. The Bertz CT molecular complexity index is 699. The van der Waals surface area contributed by atoms with E-state index in [0.29, 0.717) is 17.1 Å². The largest absolute Gasteiger partial charge is 0.434 e. The molecule has 0 aliphatic rings. The summed E-state index contributed by atoms with van der Waals surface area (Å²) in [6.45, 7) is 3.93. The second-order valence-corrected chi connectivity index (χ2v) is 5.04. The van der Waals surface area contributed by atoms with E-state index in [4.69, 9.17) is 10.2 Å². The number of nitrogen functional groups attached to an aromatic ring is 1. The zero-order valence-corrected chi connectivity index (χ0v) is 10.3. The maximum atomic E-state index is 5.77. The molecule has 0 saturated heterocycles. The molecule has 3 heterocycles. The molecular formula is C12H11N3OS. The summed E-state index contributed by atoms with van der Waals surface area (Å²) in [5.74, 6) is 0.595. The van der Waals surface area contributed by atoms with Gasteiger partial charge in [-0.1, -0.05) is 0 Å². The third-order valence-electron chi connectivity index (χ3n) is 2.52. The lowest BCUT2D eigenvalue weighted by Crippen LogP contribution is -1.80. The third-order valence-corrected chi connectivity index (χ3v) is 3.58. The molecule has 0 aromatic carbocycles. The van der Waals surface area contributed by atoms with Gasteiger partial charge in [0.2, 0.25) is 5.89 Å². The molecule has 0 aliphatic heterocycles. The Morgan fingerprint density at radius 3 is 2.76 bits per heavy atom. The molecular weight excluding hydrogens is 234 g/mol. The van der Waals surface area contributed by atoms with Crippen molar-refractivity contribution in [2.24, 2.45) is 0 Å². The number of oxazole rings is 1. The molecule has 0 amide bonds. The zero-order chi connectivity index (χ0) is 12.0. The second-order valence-electron chi connectivity index (χ2n) is 3.95. The van der Waals surface area contributed by atoms with Gasteiger partial charge in [0.1, 0.15) is 0 Å². The van der Waals surface area contributed by atoms with Crippen molar-refractivity contribution in [2.45, 2.75) is 13.8 Å². The number of nitrogens with two attached hydrogens (primary N) is 1. The fourth-order valence-electron chi connectivity index (χ4n) is 1.73. The van der Waals surface area contributed by atoms with E-state index in [1.807, 2.05) is 32.0 Å². The summed E-state index contributed by atoms with van der Waals surface area (Å²) >= 11 is 1.48. The third kappa shape index (κ3) is 1.68. The molecule has 86 valence electrons. The number of hydrogen-bond acceptors (Lipinski definition) is 5. The van der Waals surface area contributed by atoms with Crippen LogP contribution in [-0.4, -0.2) is 9.97 Å². The van der Waals surface area contributed by atoms with Crippen LogP contribution in [0, 0.1) is 13.8 Å². The first kappa shape index (κ1) is 10.3. The summed E-state index contributed by atoms with van der Waals surface area (Å²) in [6, 6.07) is 5.72. The molecule has 0 aliphatic carbocycles. The van der Waals surface area contributed by atoms with Gasteiger partial charge in [-0.3, -0.25) is 0 Å². The van der Waals surface area contributed by atoms with E-state index in [9.17, 15) is 0 Å². The first-order chi connectivity index (χ1) is 8.13. The van der Waals surface area contributed by atoms with Crippen molar-refractivity contribution in [1.29, 1.82) is 0 Å². The van der Waals surface area contributed by atoms with Crippen LogP contribution in [0.3, 0.4) is 0 Å². The van der Waals surface area contributed by atoms with Crippen LogP contribution >= 0.6 is 11.3 Å². The van der Waals surface area contributed by atoms with Gasteiger partial charge in [0.25, 0.3) is 0 Å². The van der Waals surface area contributed by atoms with Crippen LogP contribution in [0.2, 0.25) is 0 Å². The average Bonchev–Trinajstić information content (AvgIpc) is 2.80. The molecule has 4 nitrogen and oxygen atoms in total. The van der Waals surface area contributed by atoms with Crippen molar-refractivity contribution in [2.75, 3.05) is 5.73 Å². The fourth-order valence-corrected chi connectivity index (χ4v) is 2.60. The summed E-state index contributed by atoms with van der Waals surface area (Å²) in [5.41, 5.74) is 9.13.